The highest BCUT2D eigenvalue weighted by Gasteiger charge is 2.22. The van der Waals surface area contributed by atoms with Gasteiger partial charge >= 0.3 is 5.97 Å². The first-order chi connectivity index (χ1) is 12.9. The van der Waals surface area contributed by atoms with Crippen LogP contribution in [0.1, 0.15) is 23.0 Å². The number of fused-ring (bicyclic) bond motifs is 1. The minimum Gasteiger partial charge on any atom is -0.495 e. The maximum absolute atomic E-state index is 12.4. The second kappa shape index (κ2) is 7.67. The van der Waals surface area contributed by atoms with Gasteiger partial charge in [0.1, 0.15) is 11.4 Å². The third-order valence-corrected chi connectivity index (χ3v) is 4.13. The Morgan fingerprint density at radius 2 is 2.04 bits per heavy atom. The number of aryl methyl sites for hydroxylation is 1. The zero-order valence-electron chi connectivity index (χ0n) is 15.0. The Morgan fingerprint density at radius 1 is 1.26 bits per heavy atom. The molecule has 0 aliphatic rings. The van der Waals surface area contributed by atoms with Gasteiger partial charge < -0.3 is 19.2 Å². The first-order valence-electron chi connectivity index (χ1n) is 8.18. The van der Waals surface area contributed by atoms with Gasteiger partial charge in [-0.3, -0.25) is 4.79 Å². The van der Waals surface area contributed by atoms with Crippen LogP contribution in [-0.2, 0) is 9.53 Å². The first kappa shape index (κ1) is 18.7. The van der Waals surface area contributed by atoms with Crippen molar-refractivity contribution in [1.82, 2.24) is 9.38 Å². The van der Waals surface area contributed by atoms with Gasteiger partial charge in [-0.1, -0.05) is 11.6 Å². The first-order valence-corrected chi connectivity index (χ1v) is 8.56. The molecule has 0 aliphatic carbocycles. The van der Waals surface area contributed by atoms with Crippen LogP contribution in [0.5, 0.6) is 5.75 Å². The Bertz CT molecular complexity index is 1020. The number of imidazole rings is 1. The molecule has 1 amide bonds. The van der Waals surface area contributed by atoms with Crippen LogP contribution in [0, 0.1) is 6.92 Å². The largest absolute Gasteiger partial charge is 0.495 e. The fourth-order valence-electron chi connectivity index (χ4n) is 2.47. The minimum absolute atomic E-state index is 0.126. The molecule has 27 heavy (non-hydrogen) atoms. The molecule has 3 rings (SSSR count). The summed E-state index contributed by atoms with van der Waals surface area (Å²) < 4.78 is 12.1. The molecule has 140 valence electrons. The van der Waals surface area contributed by atoms with Gasteiger partial charge in [-0.05, 0) is 49.7 Å². The van der Waals surface area contributed by atoms with E-state index in [4.69, 9.17) is 21.1 Å². The molecule has 2 heterocycles. The third-order valence-electron chi connectivity index (χ3n) is 3.90. The van der Waals surface area contributed by atoms with E-state index in [1.807, 2.05) is 19.1 Å². The molecule has 1 N–H and O–H groups in total. The van der Waals surface area contributed by atoms with Crippen molar-refractivity contribution in [2.45, 2.75) is 20.0 Å². The number of carbonyl (C=O) groups excluding carboxylic acids is 2. The number of methoxy groups -OCH3 is 1. The van der Waals surface area contributed by atoms with E-state index in [9.17, 15) is 9.59 Å². The predicted molar refractivity (Wildman–Crippen MR) is 101 cm³/mol. The van der Waals surface area contributed by atoms with Gasteiger partial charge in [-0.25, -0.2) is 9.78 Å². The predicted octanol–water partition coefficient (Wildman–Crippen LogP) is 3.49. The number of esters is 1. The summed E-state index contributed by atoms with van der Waals surface area (Å²) in [6.45, 7) is 3.41. The van der Waals surface area contributed by atoms with Crippen molar-refractivity contribution < 1.29 is 19.1 Å². The molecule has 3 aromatic rings. The smallest absolute Gasteiger partial charge is 0.359 e. The van der Waals surface area contributed by atoms with Gasteiger partial charge in [0.05, 0.1) is 12.8 Å². The lowest BCUT2D eigenvalue weighted by atomic mass is 10.2. The molecule has 0 fully saturated rings. The number of pyridine rings is 1. The van der Waals surface area contributed by atoms with E-state index < -0.39 is 18.0 Å². The summed E-state index contributed by atoms with van der Waals surface area (Å²) in [5.74, 6) is -0.748. The molecule has 1 unspecified atom stereocenters. The van der Waals surface area contributed by atoms with Crippen molar-refractivity contribution in [3.63, 3.8) is 0 Å². The zero-order valence-corrected chi connectivity index (χ0v) is 15.8. The van der Waals surface area contributed by atoms with E-state index >= 15 is 0 Å². The highest BCUT2D eigenvalue weighted by molar-refractivity contribution is 6.31. The van der Waals surface area contributed by atoms with Crippen LogP contribution in [0.25, 0.3) is 5.65 Å². The second-order valence-electron chi connectivity index (χ2n) is 5.98. The SMILES string of the molecule is COc1ccc(Cl)cc1NC(=O)C(C)OC(=O)c1cn2ccc(C)cc2n1. The average molecular weight is 388 g/mol. The number of benzene rings is 1. The highest BCUT2D eigenvalue weighted by atomic mass is 35.5. The Kier molecular flexibility index (Phi) is 5.32. The summed E-state index contributed by atoms with van der Waals surface area (Å²) in [4.78, 5) is 28.9. The molecule has 0 saturated heterocycles. The number of ether oxygens (including phenoxy) is 2. The number of hydrogen-bond acceptors (Lipinski definition) is 5. The van der Waals surface area contributed by atoms with Crippen LogP contribution in [0.2, 0.25) is 5.02 Å². The van der Waals surface area contributed by atoms with Gasteiger partial charge in [-0.2, -0.15) is 0 Å². The maximum Gasteiger partial charge on any atom is 0.359 e. The zero-order chi connectivity index (χ0) is 19.6. The lowest BCUT2D eigenvalue weighted by Crippen LogP contribution is -2.30. The topological polar surface area (TPSA) is 81.9 Å². The number of halogens is 1. The quantitative estimate of drug-likeness (QED) is 0.678. The molecule has 0 radical (unpaired) electrons. The number of anilines is 1. The number of aromatic nitrogens is 2. The summed E-state index contributed by atoms with van der Waals surface area (Å²) in [6.07, 6.45) is 2.32. The Labute approximate surface area is 160 Å². The molecule has 0 saturated carbocycles. The summed E-state index contributed by atoms with van der Waals surface area (Å²) in [5.41, 5.74) is 2.17. The number of rotatable bonds is 5. The Balaban J connectivity index is 1.70. The van der Waals surface area contributed by atoms with E-state index in [1.54, 1.807) is 35.0 Å². The number of hydrogen-bond donors (Lipinski definition) is 1. The molecular formula is C19H18ClN3O4. The summed E-state index contributed by atoms with van der Waals surface area (Å²) in [7, 11) is 1.48. The lowest BCUT2D eigenvalue weighted by Gasteiger charge is -2.15. The Morgan fingerprint density at radius 3 is 2.78 bits per heavy atom. The molecular weight excluding hydrogens is 370 g/mol. The van der Waals surface area contributed by atoms with Crippen molar-refractivity contribution in [2.75, 3.05) is 12.4 Å². The van der Waals surface area contributed by atoms with Crippen molar-refractivity contribution in [3.05, 3.63) is 59.0 Å². The van der Waals surface area contributed by atoms with Gasteiger partial charge in [0, 0.05) is 17.4 Å². The summed E-state index contributed by atoms with van der Waals surface area (Å²) >= 11 is 5.95. The lowest BCUT2D eigenvalue weighted by molar-refractivity contribution is -0.123. The molecule has 1 aromatic carbocycles. The highest BCUT2D eigenvalue weighted by Crippen LogP contribution is 2.27. The van der Waals surface area contributed by atoms with Crippen LogP contribution < -0.4 is 10.1 Å². The number of carbonyl (C=O) groups is 2. The number of nitrogens with one attached hydrogen (secondary N) is 1. The summed E-state index contributed by atoms with van der Waals surface area (Å²) in [5, 5.41) is 3.08. The van der Waals surface area contributed by atoms with E-state index in [2.05, 4.69) is 10.3 Å². The summed E-state index contributed by atoms with van der Waals surface area (Å²) in [6, 6.07) is 8.58. The van der Waals surface area contributed by atoms with Crippen molar-refractivity contribution in [2.24, 2.45) is 0 Å². The Hall–Kier alpha value is -3.06. The van der Waals surface area contributed by atoms with Crippen LogP contribution in [0.15, 0.2) is 42.7 Å². The van der Waals surface area contributed by atoms with Crippen LogP contribution >= 0.6 is 11.6 Å². The van der Waals surface area contributed by atoms with Crippen molar-refractivity contribution in [3.8, 4) is 5.75 Å². The van der Waals surface area contributed by atoms with Crippen LogP contribution in [0.4, 0.5) is 5.69 Å². The minimum atomic E-state index is -1.03. The fraction of sp³-hybridized carbons (Fsp3) is 0.211. The number of nitrogens with zero attached hydrogens (tertiary/aromatic N) is 2. The van der Waals surface area contributed by atoms with E-state index in [0.29, 0.717) is 22.1 Å². The number of amides is 1. The van der Waals surface area contributed by atoms with Crippen molar-refractivity contribution >= 4 is 34.8 Å². The van der Waals surface area contributed by atoms with Gasteiger partial charge in [-0.15, -0.1) is 0 Å². The van der Waals surface area contributed by atoms with Crippen molar-refractivity contribution in [1.29, 1.82) is 0 Å². The molecule has 1 atom stereocenters. The fourth-order valence-corrected chi connectivity index (χ4v) is 2.64. The molecule has 8 heteroatoms. The maximum atomic E-state index is 12.4. The molecule has 7 nitrogen and oxygen atoms in total. The van der Waals surface area contributed by atoms with E-state index in [-0.39, 0.29) is 5.69 Å². The van der Waals surface area contributed by atoms with E-state index in [0.717, 1.165) is 5.56 Å². The van der Waals surface area contributed by atoms with Gasteiger partial charge in [0.2, 0.25) is 0 Å². The van der Waals surface area contributed by atoms with Crippen LogP contribution in [0.3, 0.4) is 0 Å². The van der Waals surface area contributed by atoms with Crippen LogP contribution in [-0.4, -0.2) is 34.5 Å². The standard InChI is InChI=1S/C19H18ClN3O4/c1-11-6-7-23-10-15(21-17(23)8-11)19(25)27-12(2)18(24)22-14-9-13(20)4-5-16(14)26-3/h4-10,12H,1-3H3,(H,22,24). The average Bonchev–Trinajstić information content (AvgIpc) is 3.05. The molecule has 2 aromatic heterocycles. The van der Waals surface area contributed by atoms with Gasteiger partial charge in [0.25, 0.3) is 5.91 Å². The van der Waals surface area contributed by atoms with Gasteiger partial charge in [0.15, 0.2) is 11.8 Å². The normalized spacial score (nSPS) is 11.9. The third kappa shape index (κ3) is 4.20. The molecule has 0 aliphatic heterocycles. The van der Waals surface area contributed by atoms with E-state index in [1.165, 1.54) is 14.0 Å². The second-order valence-corrected chi connectivity index (χ2v) is 6.41. The molecule has 0 bridgehead atoms. The molecule has 0 spiro atoms. The monoisotopic (exact) mass is 387 g/mol.